The van der Waals surface area contributed by atoms with Crippen LogP contribution >= 0.6 is 12.4 Å². The number of nitrogens with one attached hydrogen (secondary N) is 2. The molecular weight excluding hydrogens is 302 g/mol. The van der Waals surface area contributed by atoms with Crippen LogP contribution in [-0.2, 0) is 9.59 Å². The molecule has 1 fully saturated rings. The number of halogens is 1. The molecule has 0 aromatic heterocycles. The minimum Gasteiger partial charge on any atom is -0.376 e. The van der Waals surface area contributed by atoms with Crippen LogP contribution in [0.3, 0.4) is 0 Å². The molecule has 0 unspecified atom stereocenters. The molecule has 5 nitrogen and oxygen atoms in total. The summed E-state index contributed by atoms with van der Waals surface area (Å²) in [6.07, 6.45) is 1.91. The van der Waals surface area contributed by atoms with E-state index in [-0.39, 0.29) is 24.2 Å². The number of benzene rings is 1. The van der Waals surface area contributed by atoms with Crippen LogP contribution in [-0.4, -0.2) is 42.9 Å². The molecule has 0 spiro atoms. The Hall–Kier alpha value is -1.75. The van der Waals surface area contributed by atoms with Gasteiger partial charge in [-0.25, -0.2) is 0 Å². The number of para-hydroxylation sites is 1. The summed E-state index contributed by atoms with van der Waals surface area (Å²) in [6.45, 7) is 4.15. The van der Waals surface area contributed by atoms with Crippen LogP contribution in [0.1, 0.15) is 19.8 Å². The highest BCUT2D eigenvalue weighted by atomic mass is 35.5. The van der Waals surface area contributed by atoms with Gasteiger partial charge >= 0.3 is 0 Å². The molecule has 6 heteroatoms. The Balaban J connectivity index is 0.00000242. The van der Waals surface area contributed by atoms with Gasteiger partial charge in [0, 0.05) is 32.2 Å². The fourth-order valence-electron chi connectivity index (χ4n) is 2.52. The topological polar surface area (TPSA) is 61.4 Å². The van der Waals surface area contributed by atoms with Gasteiger partial charge in [-0.3, -0.25) is 9.59 Å². The maximum atomic E-state index is 12.1. The molecule has 1 saturated heterocycles. The highest BCUT2D eigenvalue weighted by molar-refractivity contribution is 5.85. The van der Waals surface area contributed by atoms with E-state index in [9.17, 15) is 9.59 Å². The van der Waals surface area contributed by atoms with Crippen molar-refractivity contribution < 1.29 is 9.59 Å². The first-order valence-electron chi connectivity index (χ1n) is 7.46. The van der Waals surface area contributed by atoms with Gasteiger partial charge in [-0.15, -0.1) is 12.4 Å². The average molecular weight is 326 g/mol. The highest BCUT2D eigenvalue weighted by Crippen LogP contribution is 2.16. The standard InChI is InChI=1S/C16H23N3O2.ClH/c1-13(20)17-11-14-7-9-19(10-8-14)16(21)12-18-15-5-3-2-4-6-15;/h2-6,14,18H,7-12H2,1H3,(H,17,20);1H. The second-order valence-electron chi connectivity index (χ2n) is 5.48. The van der Waals surface area contributed by atoms with Gasteiger partial charge in [0.1, 0.15) is 0 Å². The van der Waals surface area contributed by atoms with Crippen LogP contribution in [0.15, 0.2) is 30.3 Å². The van der Waals surface area contributed by atoms with Crippen LogP contribution in [0, 0.1) is 5.92 Å². The smallest absolute Gasteiger partial charge is 0.241 e. The predicted octanol–water partition coefficient (Wildman–Crippen LogP) is 1.89. The van der Waals surface area contributed by atoms with E-state index >= 15 is 0 Å². The first-order valence-corrected chi connectivity index (χ1v) is 7.46. The van der Waals surface area contributed by atoms with E-state index in [4.69, 9.17) is 0 Å². The lowest BCUT2D eigenvalue weighted by Crippen LogP contribution is -2.43. The monoisotopic (exact) mass is 325 g/mol. The first-order chi connectivity index (χ1) is 10.1. The molecule has 0 aliphatic carbocycles. The van der Waals surface area contributed by atoms with E-state index in [2.05, 4.69) is 10.6 Å². The molecule has 2 rings (SSSR count). The Bertz CT molecular complexity index is 474. The predicted molar refractivity (Wildman–Crippen MR) is 90.2 cm³/mol. The van der Waals surface area contributed by atoms with Gasteiger partial charge in [0.15, 0.2) is 0 Å². The van der Waals surface area contributed by atoms with Crippen LogP contribution < -0.4 is 10.6 Å². The summed E-state index contributed by atoms with van der Waals surface area (Å²) in [5.74, 6) is 0.637. The zero-order valence-corrected chi connectivity index (χ0v) is 13.7. The average Bonchev–Trinajstić information content (AvgIpc) is 2.52. The molecule has 0 bridgehead atoms. The van der Waals surface area contributed by atoms with Crippen LogP contribution in [0.5, 0.6) is 0 Å². The van der Waals surface area contributed by atoms with E-state index in [1.807, 2.05) is 35.2 Å². The summed E-state index contributed by atoms with van der Waals surface area (Å²) < 4.78 is 0. The zero-order chi connectivity index (χ0) is 15.1. The first kappa shape index (κ1) is 18.3. The van der Waals surface area contributed by atoms with Gasteiger partial charge in [-0.05, 0) is 30.9 Å². The largest absolute Gasteiger partial charge is 0.376 e. The lowest BCUT2D eigenvalue weighted by Gasteiger charge is -2.32. The van der Waals surface area contributed by atoms with E-state index in [1.54, 1.807) is 0 Å². The molecule has 1 aromatic rings. The van der Waals surface area contributed by atoms with Crippen molar-refractivity contribution in [1.29, 1.82) is 0 Å². The third-order valence-electron chi connectivity index (χ3n) is 3.82. The normalized spacial score (nSPS) is 14.9. The van der Waals surface area contributed by atoms with Crippen molar-refractivity contribution in [2.45, 2.75) is 19.8 Å². The molecule has 122 valence electrons. The maximum absolute atomic E-state index is 12.1. The van der Waals surface area contributed by atoms with Crippen LogP contribution in [0.2, 0.25) is 0 Å². The van der Waals surface area contributed by atoms with Gasteiger partial charge in [-0.1, -0.05) is 18.2 Å². The number of piperidine rings is 1. The quantitative estimate of drug-likeness (QED) is 0.869. The summed E-state index contributed by atoms with van der Waals surface area (Å²) in [5.41, 5.74) is 0.964. The zero-order valence-electron chi connectivity index (χ0n) is 12.9. The lowest BCUT2D eigenvalue weighted by atomic mass is 9.96. The number of nitrogens with zero attached hydrogens (tertiary/aromatic N) is 1. The molecule has 0 radical (unpaired) electrons. The highest BCUT2D eigenvalue weighted by Gasteiger charge is 2.22. The molecule has 22 heavy (non-hydrogen) atoms. The minimum atomic E-state index is 0. The third-order valence-corrected chi connectivity index (χ3v) is 3.82. The molecule has 0 saturated carbocycles. The van der Waals surface area contributed by atoms with Crippen molar-refractivity contribution in [3.63, 3.8) is 0 Å². The third kappa shape index (κ3) is 5.93. The van der Waals surface area contributed by atoms with Crippen molar-refractivity contribution in [3.8, 4) is 0 Å². The van der Waals surface area contributed by atoms with Gasteiger partial charge in [0.2, 0.25) is 11.8 Å². The summed E-state index contributed by atoms with van der Waals surface area (Å²) in [7, 11) is 0. The van der Waals surface area contributed by atoms with Gasteiger partial charge < -0.3 is 15.5 Å². The molecule has 1 aromatic carbocycles. The summed E-state index contributed by atoms with van der Waals surface area (Å²) in [5, 5.41) is 6.00. The Morgan fingerprint density at radius 1 is 1.18 bits per heavy atom. The van der Waals surface area contributed by atoms with E-state index in [0.717, 1.165) is 38.2 Å². The molecule has 0 atom stereocenters. The number of carbonyl (C=O) groups is 2. The Labute approximate surface area is 137 Å². The Morgan fingerprint density at radius 3 is 2.41 bits per heavy atom. The van der Waals surface area contributed by atoms with Crippen molar-refractivity contribution in [3.05, 3.63) is 30.3 Å². The van der Waals surface area contributed by atoms with E-state index in [0.29, 0.717) is 12.5 Å². The molecule has 1 aliphatic rings. The number of likely N-dealkylation sites (tertiary alicyclic amines) is 1. The molecule has 1 heterocycles. The summed E-state index contributed by atoms with van der Waals surface area (Å²) in [6, 6.07) is 9.74. The van der Waals surface area contributed by atoms with Gasteiger partial charge in [0.25, 0.3) is 0 Å². The molecule has 1 aliphatic heterocycles. The summed E-state index contributed by atoms with van der Waals surface area (Å²) in [4.78, 5) is 24.9. The SMILES string of the molecule is CC(=O)NCC1CCN(C(=O)CNc2ccccc2)CC1.Cl. The number of hydrogen-bond donors (Lipinski definition) is 2. The second-order valence-corrected chi connectivity index (χ2v) is 5.48. The molecular formula is C16H24ClN3O2. The Morgan fingerprint density at radius 2 is 1.82 bits per heavy atom. The van der Waals surface area contributed by atoms with E-state index < -0.39 is 0 Å². The molecule has 2 amide bonds. The molecule has 2 N–H and O–H groups in total. The summed E-state index contributed by atoms with van der Waals surface area (Å²) >= 11 is 0. The number of amides is 2. The number of carbonyl (C=O) groups excluding carboxylic acids is 2. The fraction of sp³-hybridized carbons (Fsp3) is 0.500. The number of anilines is 1. The van der Waals surface area contributed by atoms with Crippen molar-refractivity contribution in [2.24, 2.45) is 5.92 Å². The second kappa shape index (κ2) is 9.30. The van der Waals surface area contributed by atoms with Crippen molar-refractivity contribution in [2.75, 3.05) is 31.5 Å². The number of rotatable bonds is 5. The minimum absolute atomic E-state index is 0. The maximum Gasteiger partial charge on any atom is 0.241 e. The van der Waals surface area contributed by atoms with Crippen molar-refractivity contribution in [1.82, 2.24) is 10.2 Å². The van der Waals surface area contributed by atoms with Gasteiger partial charge in [-0.2, -0.15) is 0 Å². The fourth-order valence-corrected chi connectivity index (χ4v) is 2.52. The van der Waals surface area contributed by atoms with Crippen molar-refractivity contribution >= 4 is 29.9 Å². The Kier molecular flexibility index (Phi) is 7.74. The van der Waals surface area contributed by atoms with Gasteiger partial charge in [0.05, 0.1) is 6.54 Å². The number of hydrogen-bond acceptors (Lipinski definition) is 3. The van der Waals surface area contributed by atoms with Crippen LogP contribution in [0.25, 0.3) is 0 Å². The van der Waals surface area contributed by atoms with E-state index in [1.165, 1.54) is 6.92 Å². The van der Waals surface area contributed by atoms with Crippen LogP contribution in [0.4, 0.5) is 5.69 Å². The lowest BCUT2D eigenvalue weighted by molar-refractivity contribution is -0.130.